The summed E-state index contributed by atoms with van der Waals surface area (Å²) >= 11 is 0. The van der Waals surface area contributed by atoms with Crippen molar-refractivity contribution in [3.05, 3.63) is 28.8 Å². The number of amides is 3. The van der Waals surface area contributed by atoms with Crippen molar-refractivity contribution >= 4 is 11.9 Å². The first-order valence-corrected chi connectivity index (χ1v) is 12.3. The fourth-order valence-corrected chi connectivity index (χ4v) is 4.80. The zero-order valence-corrected chi connectivity index (χ0v) is 21.3. The predicted molar refractivity (Wildman–Crippen MR) is 122 cm³/mol. The van der Waals surface area contributed by atoms with Crippen LogP contribution in [0, 0.1) is 0 Å². The molecule has 0 atom stereocenters. The summed E-state index contributed by atoms with van der Waals surface area (Å²) in [5.74, 6) is 0.00955. The Bertz CT molecular complexity index is 1010. The molecule has 37 heavy (non-hydrogen) atoms. The van der Waals surface area contributed by atoms with E-state index in [1.807, 2.05) is 0 Å². The number of likely N-dealkylation sites (N-methyl/N-ethyl adjacent to an activating group) is 1. The molecule has 2 aliphatic heterocycles. The van der Waals surface area contributed by atoms with E-state index < -0.39 is 35.7 Å². The van der Waals surface area contributed by atoms with Gasteiger partial charge in [0.15, 0.2) is 0 Å². The highest BCUT2D eigenvalue weighted by atomic mass is 19.4. The molecule has 208 valence electrons. The highest BCUT2D eigenvalue weighted by molar-refractivity contribution is 6.06. The van der Waals surface area contributed by atoms with Crippen molar-refractivity contribution in [3.63, 3.8) is 0 Å². The molecule has 2 heterocycles. The van der Waals surface area contributed by atoms with Crippen LogP contribution in [0.4, 0.5) is 31.1 Å². The molecule has 0 spiro atoms. The first-order valence-electron chi connectivity index (χ1n) is 12.3. The molecular formula is C25H32F6N2O4. The van der Waals surface area contributed by atoms with Gasteiger partial charge in [-0.15, -0.1) is 0 Å². The summed E-state index contributed by atoms with van der Waals surface area (Å²) < 4.78 is 92.1. The molecule has 0 N–H and O–H groups in total. The summed E-state index contributed by atoms with van der Waals surface area (Å²) in [5.41, 5.74) is -5.97. The molecule has 2 aliphatic rings. The maximum absolute atomic E-state index is 13.6. The maximum Gasteiger partial charge on any atom is 0.430 e. The first-order chi connectivity index (χ1) is 17.1. The van der Waals surface area contributed by atoms with Crippen LogP contribution in [0.15, 0.2) is 12.1 Å². The SMILES string of the molecule is CCCc1c(OCCCCCCN2C(=O)N(C)C(C)(C)C2=O)ccc2c1COC2(C(F)(F)F)C(F)(F)F. The zero-order chi connectivity index (χ0) is 27.8. The molecular weight excluding hydrogens is 506 g/mol. The van der Waals surface area contributed by atoms with E-state index in [1.54, 1.807) is 27.8 Å². The molecule has 3 amide bonds. The van der Waals surface area contributed by atoms with E-state index in [4.69, 9.17) is 4.74 Å². The highest BCUT2D eigenvalue weighted by Gasteiger charge is 2.75. The fourth-order valence-electron chi connectivity index (χ4n) is 4.80. The standard InChI is InChI=1S/C25H32F6N2O4/c1-5-10-16-17-15-37-23(24(26,27)28,25(29,30)31)18(17)11-12-19(16)36-14-9-7-6-8-13-33-20(34)22(2,3)32(4)21(33)35/h11-12H,5-10,13-15H2,1-4H3. The molecule has 0 aliphatic carbocycles. The third-order valence-electron chi connectivity index (χ3n) is 7.16. The Morgan fingerprint density at radius 3 is 2.16 bits per heavy atom. The summed E-state index contributed by atoms with van der Waals surface area (Å²) in [7, 11) is 1.58. The van der Waals surface area contributed by atoms with Crippen LogP contribution >= 0.6 is 0 Å². The van der Waals surface area contributed by atoms with Crippen LogP contribution in [0.3, 0.4) is 0 Å². The molecule has 1 fully saturated rings. The summed E-state index contributed by atoms with van der Waals surface area (Å²) in [6.07, 6.45) is -7.98. The van der Waals surface area contributed by atoms with Gasteiger partial charge in [-0.25, -0.2) is 4.79 Å². The second-order valence-corrected chi connectivity index (χ2v) is 9.90. The number of unbranched alkanes of at least 4 members (excludes halogenated alkanes) is 3. The number of rotatable bonds is 10. The van der Waals surface area contributed by atoms with E-state index in [9.17, 15) is 35.9 Å². The van der Waals surface area contributed by atoms with Crippen LogP contribution in [0.5, 0.6) is 5.75 Å². The minimum Gasteiger partial charge on any atom is -0.493 e. The normalized spacial score (nSPS) is 19.1. The number of benzene rings is 1. The number of halogens is 6. The monoisotopic (exact) mass is 538 g/mol. The molecule has 3 rings (SSSR count). The van der Waals surface area contributed by atoms with E-state index in [-0.39, 0.29) is 36.3 Å². The van der Waals surface area contributed by atoms with Gasteiger partial charge in [-0.2, -0.15) is 26.3 Å². The van der Waals surface area contributed by atoms with Gasteiger partial charge in [0.2, 0.25) is 0 Å². The van der Waals surface area contributed by atoms with Gasteiger partial charge >= 0.3 is 18.4 Å². The van der Waals surface area contributed by atoms with Gasteiger partial charge in [0, 0.05) is 24.7 Å². The van der Waals surface area contributed by atoms with Gasteiger partial charge < -0.3 is 14.4 Å². The number of nitrogens with zero attached hydrogens (tertiary/aromatic N) is 2. The lowest BCUT2D eigenvalue weighted by Crippen LogP contribution is -2.53. The summed E-state index contributed by atoms with van der Waals surface area (Å²) in [6, 6.07) is 1.64. The number of hydrogen-bond donors (Lipinski definition) is 0. The lowest BCUT2D eigenvalue weighted by atomic mass is 9.87. The number of carbonyl (C=O) groups excluding carboxylic acids is 2. The van der Waals surface area contributed by atoms with Crippen LogP contribution in [0.2, 0.25) is 0 Å². The van der Waals surface area contributed by atoms with E-state index in [0.29, 0.717) is 44.2 Å². The Hall–Kier alpha value is -2.50. The molecule has 0 bridgehead atoms. The van der Waals surface area contributed by atoms with E-state index in [1.165, 1.54) is 9.80 Å². The molecule has 0 unspecified atom stereocenters. The Labute approximate surface area is 211 Å². The molecule has 6 nitrogen and oxygen atoms in total. The van der Waals surface area contributed by atoms with Gasteiger partial charge in [-0.1, -0.05) is 32.3 Å². The van der Waals surface area contributed by atoms with Crippen LogP contribution in [-0.2, 0) is 28.2 Å². The van der Waals surface area contributed by atoms with Crippen LogP contribution in [-0.4, -0.2) is 59.8 Å². The Morgan fingerprint density at radius 2 is 1.62 bits per heavy atom. The van der Waals surface area contributed by atoms with Crippen molar-refractivity contribution in [1.82, 2.24) is 9.80 Å². The summed E-state index contributed by atoms with van der Waals surface area (Å²) in [5, 5.41) is 0. The number of urea groups is 1. The number of carbonyl (C=O) groups is 2. The number of imide groups is 1. The largest absolute Gasteiger partial charge is 0.493 e. The Kier molecular flexibility index (Phi) is 8.12. The summed E-state index contributed by atoms with van der Waals surface area (Å²) in [6.45, 7) is 4.87. The molecule has 12 heteroatoms. The Balaban J connectivity index is 1.59. The number of fused-ring (bicyclic) bond motifs is 1. The number of hydrogen-bond acceptors (Lipinski definition) is 4. The van der Waals surface area contributed by atoms with E-state index >= 15 is 0 Å². The quantitative estimate of drug-likeness (QED) is 0.205. The number of ether oxygens (including phenoxy) is 2. The fraction of sp³-hybridized carbons (Fsp3) is 0.680. The molecule has 0 saturated carbocycles. The maximum atomic E-state index is 13.6. The lowest BCUT2D eigenvalue weighted by Gasteiger charge is -2.33. The zero-order valence-electron chi connectivity index (χ0n) is 21.3. The average molecular weight is 539 g/mol. The van der Waals surface area contributed by atoms with Gasteiger partial charge in [0.25, 0.3) is 11.5 Å². The second-order valence-electron chi connectivity index (χ2n) is 9.90. The van der Waals surface area contributed by atoms with Crippen LogP contribution in [0.1, 0.15) is 69.6 Å². The minimum atomic E-state index is -5.67. The number of alkyl halides is 6. The average Bonchev–Trinajstić information content (AvgIpc) is 3.27. The Morgan fingerprint density at radius 1 is 1.00 bits per heavy atom. The van der Waals surface area contributed by atoms with Crippen molar-refractivity contribution in [2.45, 2.75) is 89.4 Å². The van der Waals surface area contributed by atoms with Crippen molar-refractivity contribution in [3.8, 4) is 5.75 Å². The van der Waals surface area contributed by atoms with Crippen molar-refractivity contribution in [2.75, 3.05) is 20.2 Å². The van der Waals surface area contributed by atoms with E-state index in [0.717, 1.165) is 12.1 Å². The highest BCUT2D eigenvalue weighted by Crippen LogP contribution is 2.58. The second kappa shape index (κ2) is 10.3. The molecule has 0 radical (unpaired) electrons. The summed E-state index contributed by atoms with van der Waals surface area (Å²) in [4.78, 5) is 27.3. The first kappa shape index (κ1) is 29.1. The van der Waals surface area contributed by atoms with Gasteiger partial charge in [0.05, 0.1) is 13.2 Å². The topological polar surface area (TPSA) is 59.1 Å². The predicted octanol–water partition coefficient (Wildman–Crippen LogP) is 6.10. The van der Waals surface area contributed by atoms with Crippen LogP contribution < -0.4 is 4.74 Å². The minimum absolute atomic E-state index is 0.123. The molecule has 1 aromatic carbocycles. The van der Waals surface area contributed by atoms with Crippen molar-refractivity contribution in [2.24, 2.45) is 0 Å². The third-order valence-corrected chi connectivity index (χ3v) is 7.16. The molecule has 1 saturated heterocycles. The molecule has 0 aromatic heterocycles. The lowest BCUT2D eigenvalue weighted by molar-refractivity contribution is -0.385. The van der Waals surface area contributed by atoms with Crippen molar-refractivity contribution in [1.29, 1.82) is 0 Å². The van der Waals surface area contributed by atoms with Gasteiger partial charge in [-0.3, -0.25) is 9.69 Å². The van der Waals surface area contributed by atoms with Crippen molar-refractivity contribution < 1.29 is 45.4 Å². The smallest absolute Gasteiger partial charge is 0.430 e. The van der Waals surface area contributed by atoms with Gasteiger partial charge in [0.1, 0.15) is 11.3 Å². The third kappa shape index (κ3) is 5.00. The van der Waals surface area contributed by atoms with E-state index in [2.05, 4.69) is 4.74 Å². The van der Waals surface area contributed by atoms with Crippen LogP contribution in [0.25, 0.3) is 0 Å². The van der Waals surface area contributed by atoms with Gasteiger partial charge in [-0.05, 0) is 44.7 Å². The molecule has 1 aromatic rings.